The lowest BCUT2D eigenvalue weighted by Gasteiger charge is -2.19. The molecule has 3 nitrogen and oxygen atoms in total. The van der Waals surface area contributed by atoms with Crippen molar-refractivity contribution in [3.8, 4) is 0 Å². The molecule has 0 radical (unpaired) electrons. The van der Waals surface area contributed by atoms with Crippen LogP contribution in [-0.4, -0.2) is 23.4 Å². The van der Waals surface area contributed by atoms with Crippen molar-refractivity contribution in [3.05, 3.63) is 52.3 Å². The van der Waals surface area contributed by atoms with Crippen LogP contribution in [0.15, 0.2) is 30.3 Å². The summed E-state index contributed by atoms with van der Waals surface area (Å²) in [6.45, 7) is 5.96. The van der Waals surface area contributed by atoms with Gasteiger partial charge < -0.3 is 5.32 Å². The van der Waals surface area contributed by atoms with Crippen LogP contribution in [0, 0.1) is 6.92 Å². The van der Waals surface area contributed by atoms with Gasteiger partial charge in [0.25, 0.3) is 0 Å². The van der Waals surface area contributed by atoms with E-state index in [0.29, 0.717) is 5.92 Å². The molecule has 4 heteroatoms. The minimum atomic E-state index is 0.357. The lowest BCUT2D eigenvalue weighted by atomic mass is 9.94. The van der Waals surface area contributed by atoms with E-state index in [9.17, 15) is 0 Å². The first-order valence-electron chi connectivity index (χ1n) is 7.08. The summed E-state index contributed by atoms with van der Waals surface area (Å²) < 4.78 is 2.08. The zero-order valence-electron chi connectivity index (χ0n) is 12.4. The molecule has 0 aliphatic carbocycles. The topological polar surface area (TPSA) is 29.9 Å². The summed E-state index contributed by atoms with van der Waals surface area (Å²) >= 11 is 6.35. The van der Waals surface area contributed by atoms with E-state index in [2.05, 4.69) is 34.2 Å². The lowest BCUT2D eigenvalue weighted by Crippen LogP contribution is -2.20. The second-order valence-electron chi connectivity index (χ2n) is 5.07. The van der Waals surface area contributed by atoms with Crippen LogP contribution in [0.1, 0.15) is 29.8 Å². The molecule has 0 saturated carbocycles. The van der Waals surface area contributed by atoms with Crippen molar-refractivity contribution in [1.82, 2.24) is 15.1 Å². The third-order valence-corrected chi connectivity index (χ3v) is 3.88. The van der Waals surface area contributed by atoms with Gasteiger partial charge in [0.05, 0.1) is 5.69 Å². The molecule has 0 aliphatic heterocycles. The summed E-state index contributed by atoms with van der Waals surface area (Å²) in [5, 5.41) is 8.63. The highest BCUT2D eigenvalue weighted by Crippen LogP contribution is 2.27. The SMILES string of the molecule is CCn1nc(C)cc1CC(CNC)c1ccccc1Cl. The largest absolute Gasteiger partial charge is 0.319 e. The van der Waals surface area contributed by atoms with E-state index in [1.54, 1.807) is 0 Å². The number of hydrogen-bond acceptors (Lipinski definition) is 2. The number of nitrogens with one attached hydrogen (secondary N) is 1. The summed E-state index contributed by atoms with van der Waals surface area (Å²) in [6.07, 6.45) is 0.944. The Morgan fingerprint density at radius 3 is 2.75 bits per heavy atom. The number of aryl methyl sites for hydroxylation is 2. The zero-order valence-corrected chi connectivity index (χ0v) is 13.1. The molecule has 0 aliphatic rings. The lowest BCUT2D eigenvalue weighted by molar-refractivity contribution is 0.563. The molecule has 20 heavy (non-hydrogen) atoms. The van der Waals surface area contributed by atoms with Gasteiger partial charge in [-0.15, -0.1) is 0 Å². The van der Waals surface area contributed by atoms with Crippen LogP contribution in [0.25, 0.3) is 0 Å². The van der Waals surface area contributed by atoms with Gasteiger partial charge >= 0.3 is 0 Å². The van der Waals surface area contributed by atoms with Crippen molar-refractivity contribution in [2.24, 2.45) is 0 Å². The maximum Gasteiger partial charge on any atom is 0.0596 e. The number of likely N-dealkylation sites (N-methyl/N-ethyl adjacent to an activating group) is 1. The third kappa shape index (κ3) is 3.41. The molecule has 1 aromatic carbocycles. The normalized spacial score (nSPS) is 12.6. The van der Waals surface area contributed by atoms with Gasteiger partial charge in [-0.2, -0.15) is 5.10 Å². The number of hydrogen-bond donors (Lipinski definition) is 1. The number of halogens is 1. The summed E-state index contributed by atoms with van der Waals surface area (Å²) in [7, 11) is 1.98. The molecule has 0 amide bonds. The van der Waals surface area contributed by atoms with E-state index >= 15 is 0 Å². The van der Waals surface area contributed by atoms with E-state index < -0.39 is 0 Å². The van der Waals surface area contributed by atoms with Crippen LogP contribution in [0.5, 0.6) is 0 Å². The number of nitrogens with zero attached hydrogens (tertiary/aromatic N) is 2. The number of aromatic nitrogens is 2. The fraction of sp³-hybridized carbons (Fsp3) is 0.438. The van der Waals surface area contributed by atoms with E-state index in [1.807, 2.05) is 32.2 Å². The predicted molar refractivity (Wildman–Crippen MR) is 84.5 cm³/mol. The molecule has 0 saturated heterocycles. The van der Waals surface area contributed by atoms with Crippen molar-refractivity contribution in [1.29, 1.82) is 0 Å². The molecule has 2 rings (SSSR count). The Bertz CT molecular complexity index is 563. The predicted octanol–water partition coefficient (Wildman–Crippen LogP) is 3.41. The molecular weight excluding hydrogens is 270 g/mol. The van der Waals surface area contributed by atoms with Gasteiger partial charge in [0, 0.05) is 29.7 Å². The first kappa shape index (κ1) is 15.1. The number of rotatable bonds is 6. The van der Waals surface area contributed by atoms with Crippen molar-refractivity contribution in [3.63, 3.8) is 0 Å². The molecule has 1 unspecified atom stereocenters. The van der Waals surface area contributed by atoms with Crippen molar-refractivity contribution in [2.45, 2.75) is 32.7 Å². The highest BCUT2D eigenvalue weighted by molar-refractivity contribution is 6.31. The molecule has 108 valence electrons. The quantitative estimate of drug-likeness (QED) is 0.884. The average molecular weight is 292 g/mol. The van der Waals surface area contributed by atoms with Crippen molar-refractivity contribution < 1.29 is 0 Å². The Labute approximate surface area is 126 Å². The molecule has 1 N–H and O–H groups in total. The third-order valence-electron chi connectivity index (χ3n) is 3.54. The Morgan fingerprint density at radius 1 is 1.35 bits per heavy atom. The second kappa shape index (κ2) is 6.91. The fourth-order valence-electron chi connectivity index (χ4n) is 2.63. The molecule has 0 spiro atoms. The maximum absolute atomic E-state index is 6.35. The van der Waals surface area contributed by atoms with E-state index in [-0.39, 0.29) is 0 Å². The van der Waals surface area contributed by atoms with Crippen LogP contribution in [0.2, 0.25) is 5.02 Å². The minimum Gasteiger partial charge on any atom is -0.319 e. The number of benzene rings is 1. The Balaban J connectivity index is 2.28. The molecule has 1 heterocycles. The average Bonchev–Trinajstić information content (AvgIpc) is 2.79. The van der Waals surface area contributed by atoms with E-state index in [4.69, 9.17) is 11.6 Å². The maximum atomic E-state index is 6.35. The highest BCUT2D eigenvalue weighted by atomic mass is 35.5. The van der Waals surface area contributed by atoms with Gasteiger partial charge in [-0.05, 0) is 45.0 Å². The molecule has 0 fully saturated rings. The summed E-state index contributed by atoms with van der Waals surface area (Å²) in [6, 6.07) is 10.3. The van der Waals surface area contributed by atoms with Crippen LogP contribution >= 0.6 is 11.6 Å². The van der Waals surface area contributed by atoms with Crippen LogP contribution < -0.4 is 5.32 Å². The zero-order chi connectivity index (χ0) is 14.5. The van der Waals surface area contributed by atoms with Crippen molar-refractivity contribution >= 4 is 11.6 Å². The smallest absolute Gasteiger partial charge is 0.0596 e. The first-order valence-corrected chi connectivity index (χ1v) is 7.45. The summed E-state index contributed by atoms with van der Waals surface area (Å²) in [5.41, 5.74) is 3.54. The van der Waals surface area contributed by atoms with Gasteiger partial charge in [0.1, 0.15) is 0 Å². The molecular formula is C16H22ClN3. The molecule has 1 atom stereocenters. The van der Waals surface area contributed by atoms with Crippen LogP contribution in [-0.2, 0) is 13.0 Å². The standard InChI is InChI=1S/C16H22ClN3/c1-4-20-14(9-12(2)19-20)10-13(11-18-3)15-7-5-6-8-16(15)17/h5-9,13,18H,4,10-11H2,1-3H3. The van der Waals surface area contributed by atoms with E-state index in [0.717, 1.165) is 30.2 Å². The Hall–Kier alpha value is -1.32. The van der Waals surface area contributed by atoms with Crippen LogP contribution in [0.4, 0.5) is 0 Å². The molecule has 1 aromatic heterocycles. The fourth-order valence-corrected chi connectivity index (χ4v) is 2.92. The Morgan fingerprint density at radius 2 is 2.10 bits per heavy atom. The van der Waals surface area contributed by atoms with Gasteiger partial charge in [-0.1, -0.05) is 29.8 Å². The summed E-state index contributed by atoms with van der Waals surface area (Å²) in [5.74, 6) is 0.357. The van der Waals surface area contributed by atoms with Gasteiger partial charge in [-0.3, -0.25) is 4.68 Å². The minimum absolute atomic E-state index is 0.357. The second-order valence-corrected chi connectivity index (χ2v) is 5.48. The van der Waals surface area contributed by atoms with E-state index in [1.165, 1.54) is 11.3 Å². The molecule has 2 aromatic rings. The monoisotopic (exact) mass is 291 g/mol. The highest BCUT2D eigenvalue weighted by Gasteiger charge is 2.17. The van der Waals surface area contributed by atoms with Gasteiger partial charge in [0.15, 0.2) is 0 Å². The van der Waals surface area contributed by atoms with Crippen LogP contribution in [0.3, 0.4) is 0 Å². The van der Waals surface area contributed by atoms with Gasteiger partial charge in [0.2, 0.25) is 0 Å². The van der Waals surface area contributed by atoms with Crippen molar-refractivity contribution in [2.75, 3.05) is 13.6 Å². The molecule has 0 bridgehead atoms. The van der Waals surface area contributed by atoms with Gasteiger partial charge in [-0.25, -0.2) is 0 Å². The Kier molecular flexibility index (Phi) is 5.21. The first-order chi connectivity index (χ1) is 9.65. The summed E-state index contributed by atoms with van der Waals surface area (Å²) in [4.78, 5) is 0.